The number of hydrogen-bond donors (Lipinski definition) is 3. The van der Waals surface area contributed by atoms with Crippen LogP contribution in [-0.4, -0.2) is 47.6 Å². The third kappa shape index (κ3) is 5.22. The molecule has 2 aliphatic heterocycles. The monoisotopic (exact) mass is 564 g/mol. The zero-order chi connectivity index (χ0) is 26.8. The Labute approximate surface area is 230 Å². The molecule has 0 saturated carbocycles. The maximum absolute atomic E-state index is 14.7. The molecular weight excluding hydrogens is 534 g/mol. The average molecular weight is 565 g/mol. The number of anilines is 1. The summed E-state index contributed by atoms with van der Waals surface area (Å²) < 4.78 is 34.6. The van der Waals surface area contributed by atoms with E-state index in [-0.39, 0.29) is 38.8 Å². The number of aromatic nitrogens is 3. The molecule has 2 unspecified atom stereocenters. The fourth-order valence-corrected chi connectivity index (χ4v) is 5.62. The number of nitrogens with zero attached hydrogens (tertiary/aromatic N) is 3. The van der Waals surface area contributed by atoms with Gasteiger partial charge in [-0.15, -0.1) is 0 Å². The lowest BCUT2D eigenvalue weighted by Crippen LogP contribution is -2.29. The molecular formula is C26H31Cl2FN6O3. The van der Waals surface area contributed by atoms with Crippen LogP contribution in [0.25, 0.3) is 0 Å². The van der Waals surface area contributed by atoms with E-state index in [1.54, 1.807) is 13.1 Å². The number of hydrogen-bond acceptors (Lipinski definition) is 8. The molecule has 1 saturated heterocycles. The number of fused-ring (bicyclic) bond motifs is 1. The number of benzene rings is 1. The summed E-state index contributed by atoms with van der Waals surface area (Å²) in [6.07, 6.45) is 7.54. The van der Waals surface area contributed by atoms with Crippen molar-refractivity contribution in [1.82, 2.24) is 20.1 Å². The van der Waals surface area contributed by atoms with Crippen LogP contribution in [0.3, 0.4) is 0 Å². The largest absolute Gasteiger partial charge is 0.492 e. The molecule has 38 heavy (non-hydrogen) atoms. The molecule has 0 aliphatic carbocycles. The summed E-state index contributed by atoms with van der Waals surface area (Å²) in [4.78, 5) is 4.36. The van der Waals surface area contributed by atoms with E-state index >= 15 is 0 Å². The van der Waals surface area contributed by atoms with E-state index in [1.807, 2.05) is 10.9 Å². The van der Waals surface area contributed by atoms with Crippen LogP contribution in [0.4, 0.5) is 10.2 Å². The van der Waals surface area contributed by atoms with Crippen molar-refractivity contribution in [2.75, 3.05) is 38.6 Å². The summed E-state index contributed by atoms with van der Waals surface area (Å²) in [5, 5.41) is 8.00. The third-order valence-electron chi connectivity index (χ3n) is 6.98. The summed E-state index contributed by atoms with van der Waals surface area (Å²) in [5.74, 6) is 0.312. The second-order valence-electron chi connectivity index (χ2n) is 9.50. The van der Waals surface area contributed by atoms with Crippen LogP contribution in [0.1, 0.15) is 60.9 Å². The quantitative estimate of drug-likeness (QED) is 0.254. The Balaban J connectivity index is 1.41. The van der Waals surface area contributed by atoms with Gasteiger partial charge in [-0.3, -0.25) is 4.68 Å². The van der Waals surface area contributed by atoms with Gasteiger partial charge < -0.3 is 31.0 Å². The molecule has 204 valence electrons. The Hall–Kier alpha value is -2.79. The third-order valence-corrected chi connectivity index (χ3v) is 7.76. The van der Waals surface area contributed by atoms with E-state index in [9.17, 15) is 4.39 Å². The minimum absolute atomic E-state index is 0.0740. The summed E-state index contributed by atoms with van der Waals surface area (Å²) in [6, 6.07) is 1.53. The first-order valence-corrected chi connectivity index (χ1v) is 13.5. The lowest BCUT2D eigenvalue weighted by molar-refractivity contribution is 0.213. The Kier molecular flexibility index (Phi) is 8.13. The number of nitrogens with one attached hydrogen (secondary N) is 1. The smallest absolute Gasteiger partial charge is 0.204 e. The molecule has 2 aliphatic rings. The summed E-state index contributed by atoms with van der Waals surface area (Å²) in [5.41, 5.74) is 13.8. The lowest BCUT2D eigenvalue weighted by Gasteiger charge is -2.22. The molecule has 1 fully saturated rings. The molecule has 0 amide bonds. The molecule has 12 heteroatoms. The molecule has 2 aromatic heterocycles. The molecule has 9 nitrogen and oxygen atoms in total. The SMILES string of the molecule is CC(Oc1c(N)ncc2c1OCC2c1cnn(C2CCNCC2)c1)c1c(Cl)c(F)cc(OCCCN)c1Cl. The van der Waals surface area contributed by atoms with E-state index in [0.717, 1.165) is 43.1 Å². The van der Waals surface area contributed by atoms with Gasteiger partial charge in [0.1, 0.15) is 17.7 Å². The van der Waals surface area contributed by atoms with Gasteiger partial charge in [-0.25, -0.2) is 9.37 Å². The van der Waals surface area contributed by atoms with Crippen LogP contribution >= 0.6 is 23.2 Å². The summed E-state index contributed by atoms with van der Waals surface area (Å²) in [7, 11) is 0. The van der Waals surface area contributed by atoms with Gasteiger partial charge in [0.25, 0.3) is 0 Å². The van der Waals surface area contributed by atoms with Gasteiger partial charge >= 0.3 is 0 Å². The van der Waals surface area contributed by atoms with Gasteiger partial charge in [0.15, 0.2) is 11.6 Å². The number of rotatable bonds is 9. The number of nitrogen functional groups attached to an aromatic ring is 1. The average Bonchev–Trinajstić information content (AvgIpc) is 3.57. The molecule has 2 atom stereocenters. The van der Waals surface area contributed by atoms with Gasteiger partial charge in [-0.1, -0.05) is 23.2 Å². The van der Waals surface area contributed by atoms with Crippen molar-refractivity contribution in [2.24, 2.45) is 5.73 Å². The zero-order valence-corrected chi connectivity index (χ0v) is 22.6. The van der Waals surface area contributed by atoms with E-state index in [0.29, 0.717) is 38.0 Å². The van der Waals surface area contributed by atoms with Crippen LogP contribution in [0, 0.1) is 5.82 Å². The van der Waals surface area contributed by atoms with Crippen molar-refractivity contribution in [2.45, 2.75) is 44.2 Å². The van der Waals surface area contributed by atoms with E-state index in [4.69, 9.17) is 48.9 Å². The zero-order valence-electron chi connectivity index (χ0n) is 21.1. The summed E-state index contributed by atoms with van der Waals surface area (Å²) >= 11 is 12.9. The van der Waals surface area contributed by atoms with E-state index in [1.165, 1.54) is 0 Å². The van der Waals surface area contributed by atoms with Crippen molar-refractivity contribution in [3.8, 4) is 17.2 Å². The van der Waals surface area contributed by atoms with Gasteiger partial charge in [0, 0.05) is 35.2 Å². The van der Waals surface area contributed by atoms with Gasteiger partial charge in [-0.2, -0.15) is 5.10 Å². The minimum Gasteiger partial charge on any atom is -0.492 e. The molecule has 4 heterocycles. The molecule has 5 N–H and O–H groups in total. The molecule has 0 spiro atoms. The number of pyridine rings is 1. The van der Waals surface area contributed by atoms with Crippen LogP contribution < -0.4 is 31.0 Å². The van der Waals surface area contributed by atoms with E-state index < -0.39 is 11.9 Å². The van der Waals surface area contributed by atoms with Crippen LogP contribution in [0.2, 0.25) is 10.0 Å². The highest BCUT2D eigenvalue weighted by atomic mass is 35.5. The number of halogens is 3. The Morgan fingerprint density at radius 1 is 1.26 bits per heavy atom. The highest BCUT2D eigenvalue weighted by Gasteiger charge is 2.33. The Morgan fingerprint density at radius 2 is 2.05 bits per heavy atom. The molecule has 0 bridgehead atoms. The Morgan fingerprint density at radius 3 is 2.82 bits per heavy atom. The molecule has 1 aromatic carbocycles. The van der Waals surface area contributed by atoms with Crippen LogP contribution in [0.5, 0.6) is 17.2 Å². The Bertz CT molecular complexity index is 1300. The predicted octanol–water partition coefficient (Wildman–Crippen LogP) is 4.62. The molecule has 0 radical (unpaired) electrons. The van der Waals surface area contributed by atoms with Crippen molar-refractivity contribution >= 4 is 29.0 Å². The highest BCUT2D eigenvalue weighted by molar-refractivity contribution is 6.37. The fraction of sp³-hybridized carbons (Fsp3) is 0.462. The van der Waals surface area contributed by atoms with Crippen LogP contribution in [0.15, 0.2) is 24.7 Å². The van der Waals surface area contributed by atoms with Crippen LogP contribution in [-0.2, 0) is 0 Å². The highest BCUT2D eigenvalue weighted by Crippen LogP contribution is 2.48. The maximum Gasteiger partial charge on any atom is 0.204 e. The predicted molar refractivity (Wildman–Crippen MR) is 144 cm³/mol. The number of ether oxygens (including phenoxy) is 3. The first-order chi connectivity index (χ1) is 18.4. The maximum atomic E-state index is 14.7. The fourth-order valence-electron chi connectivity index (χ4n) is 4.91. The topological polar surface area (TPSA) is 122 Å². The normalized spacial score (nSPS) is 18.2. The first-order valence-electron chi connectivity index (χ1n) is 12.7. The summed E-state index contributed by atoms with van der Waals surface area (Å²) in [6.45, 7) is 4.79. The molecule has 5 rings (SSSR count). The first kappa shape index (κ1) is 26.8. The van der Waals surface area contributed by atoms with E-state index in [2.05, 4.69) is 21.6 Å². The second-order valence-corrected chi connectivity index (χ2v) is 10.3. The van der Waals surface area contributed by atoms with Gasteiger partial charge in [0.05, 0.1) is 41.4 Å². The second kappa shape index (κ2) is 11.5. The number of nitrogens with two attached hydrogens (primary N) is 2. The lowest BCUT2D eigenvalue weighted by atomic mass is 9.97. The molecule has 3 aromatic rings. The van der Waals surface area contributed by atoms with Crippen molar-refractivity contribution in [3.63, 3.8) is 0 Å². The van der Waals surface area contributed by atoms with Crippen molar-refractivity contribution in [1.29, 1.82) is 0 Å². The minimum atomic E-state index is -0.788. The van der Waals surface area contributed by atoms with Crippen molar-refractivity contribution < 1.29 is 18.6 Å². The van der Waals surface area contributed by atoms with Gasteiger partial charge in [0.2, 0.25) is 5.75 Å². The van der Waals surface area contributed by atoms with Gasteiger partial charge in [-0.05, 0) is 45.8 Å². The standard InChI is InChI=1S/C26H31Cl2FN6O3/c1-14(21-22(27)19(29)9-20(23(21)28)36-8-2-5-30)38-25-24-17(11-33-26(25)31)18(13-37-24)15-10-34-35(12-15)16-3-6-32-7-4-16/h9-12,14,16,18,32H,2-8,13,30H2,1H3,(H2,31,33). The van der Waals surface area contributed by atoms with Crippen molar-refractivity contribution in [3.05, 3.63) is 57.2 Å². The number of piperidine rings is 1.